The molecule has 1 amide bonds. The molecule has 6 nitrogen and oxygen atoms in total. The van der Waals surface area contributed by atoms with Crippen LogP contribution in [0.2, 0.25) is 0 Å². The second-order valence-electron chi connectivity index (χ2n) is 8.70. The second-order valence-corrected chi connectivity index (χ2v) is 8.70. The van der Waals surface area contributed by atoms with E-state index in [9.17, 15) is 4.79 Å². The molecule has 1 atom stereocenters. The van der Waals surface area contributed by atoms with Crippen molar-refractivity contribution in [3.8, 4) is 0 Å². The Balaban J connectivity index is 1.39. The minimum atomic E-state index is -0.0371. The van der Waals surface area contributed by atoms with E-state index < -0.39 is 0 Å². The van der Waals surface area contributed by atoms with Gasteiger partial charge in [-0.1, -0.05) is 37.5 Å². The third-order valence-corrected chi connectivity index (χ3v) is 6.56. The fraction of sp³-hybridized carbons (Fsp3) is 0.542. The quantitative estimate of drug-likeness (QED) is 0.781. The summed E-state index contributed by atoms with van der Waals surface area (Å²) < 4.78 is 0. The smallest absolute Gasteiger partial charge is 0.229 e. The molecule has 1 aromatic heterocycles. The molecule has 1 aliphatic carbocycles. The number of aromatic nitrogens is 2. The minimum absolute atomic E-state index is 0.0371. The Bertz CT molecular complexity index is 821. The van der Waals surface area contributed by atoms with Gasteiger partial charge in [-0.15, -0.1) is 0 Å². The Kier molecular flexibility index (Phi) is 6.95. The highest BCUT2D eigenvalue weighted by molar-refractivity contribution is 5.93. The number of benzene rings is 1. The number of hydrogen-bond acceptors (Lipinski definition) is 5. The van der Waals surface area contributed by atoms with Crippen molar-refractivity contribution in [1.29, 1.82) is 0 Å². The van der Waals surface area contributed by atoms with E-state index in [1.54, 1.807) is 18.6 Å². The highest BCUT2D eigenvalue weighted by Gasteiger charge is 2.27. The van der Waals surface area contributed by atoms with Crippen molar-refractivity contribution in [1.82, 2.24) is 14.9 Å². The number of para-hydroxylation sites is 1. The van der Waals surface area contributed by atoms with E-state index in [0.29, 0.717) is 12.6 Å². The lowest BCUT2D eigenvalue weighted by atomic mass is 9.94. The number of anilines is 2. The molecule has 2 aliphatic rings. The van der Waals surface area contributed by atoms with Crippen LogP contribution in [0.3, 0.4) is 0 Å². The normalized spacial score (nSPS) is 20.3. The van der Waals surface area contributed by atoms with Crippen LogP contribution in [0, 0.1) is 5.92 Å². The van der Waals surface area contributed by atoms with Crippen LogP contribution in [0.4, 0.5) is 11.5 Å². The number of carbonyl (C=O) groups excluding carboxylic acids is 1. The van der Waals surface area contributed by atoms with Crippen LogP contribution in [-0.2, 0) is 11.3 Å². The number of piperidine rings is 1. The third-order valence-electron chi connectivity index (χ3n) is 6.56. The molecule has 1 N–H and O–H groups in total. The zero-order valence-corrected chi connectivity index (χ0v) is 18.0. The topological polar surface area (TPSA) is 61.4 Å². The zero-order valence-electron chi connectivity index (χ0n) is 18.0. The molecule has 1 saturated heterocycles. The number of carbonyl (C=O) groups is 1. The summed E-state index contributed by atoms with van der Waals surface area (Å²) in [6, 6.07) is 8.90. The number of nitrogens with zero attached hydrogens (tertiary/aromatic N) is 4. The predicted octanol–water partition coefficient (Wildman–Crippen LogP) is 4.10. The van der Waals surface area contributed by atoms with E-state index in [-0.39, 0.29) is 11.8 Å². The SMILES string of the molecule is CN(Cc1ccccc1NC(=O)[C@@H]1CCCN(c2cnccn2)C1)C1CCCCC1. The number of hydrogen-bond donors (Lipinski definition) is 1. The molecule has 0 bridgehead atoms. The molecule has 4 rings (SSSR count). The monoisotopic (exact) mass is 407 g/mol. The standard InChI is InChI=1S/C24H33N5O/c1-28(21-10-3-2-4-11-21)17-19-8-5-6-12-22(19)27-24(30)20-9-7-15-29(18-20)23-16-25-13-14-26-23/h5-6,8,12-14,16,20-21H,2-4,7,9-11,15,17-18H2,1H3,(H,27,30)/t20-/m1/s1. The number of nitrogens with one attached hydrogen (secondary N) is 1. The molecular weight excluding hydrogens is 374 g/mol. The maximum Gasteiger partial charge on any atom is 0.229 e. The highest BCUT2D eigenvalue weighted by Crippen LogP contribution is 2.26. The predicted molar refractivity (Wildman–Crippen MR) is 120 cm³/mol. The van der Waals surface area contributed by atoms with E-state index in [1.165, 1.54) is 37.7 Å². The Morgan fingerprint density at radius 1 is 1.13 bits per heavy atom. The van der Waals surface area contributed by atoms with Crippen molar-refractivity contribution < 1.29 is 4.79 Å². The molecule has 0 spiro atoms. The lowest BCUT2D eigenvalue weighted by molar-refractivity contribution is -0.120. The first-order valence-electron chi connectivity index (χ1n) is 11.3. The van der Waals surface area contributed by atoms with E-state index in [2.05, 4.69) is 44.3 Å². The molecule has 0 unspecified atom stereocenters. The van der Waals surface area contributed by atoms with Crippen LogP contribution < -0.4 is 10.2 Å². The van der Waals surface area contributed by atoms with Crippen LogP contribution in [0.15, 0.2) is 42.9 Å². The van der Waals surface area contributed by atoms with Gasteiger partial charge in [0, 0.05) is 43.8 Å². The zero-order chi connectivity index (χ0) is 20.8. The molecule has 2 aromatic rings. The summed E-state index contributed by atoms with van der Waals surface area (Å²) in [7, 11) is 2.22. The van der Waals surface area contributed by atoms with Gasteiger partial charge in [0.15, 0.2) is 0 Å². The van der Waals surface area contributed by atoms with Crippen LogP contribution >= 0.6 is 0 Å². The summed E-state index contributed by atoms with van der Waals surface area (Å²) in [5, 5.41) is 3.23. The highest BCUT2D eigenvalue weighted by atomic mass is 16.1. The molecule has 2 fully saturated rings. The summed E-state index contributed by atoms with van der Waals surface area (Å²) in [5.74, 6) is 0.922. The van der Waals surface area contributed by atoms with E-state index in [4.69, 9.17) is 0 Å². The van der Waals surface area contributed by atoms with Crippen molar-refractivity contribution in [2.24, 2.45) is 5.92 Å². The molecule has 6 heteroatoms. The Morgan fingerprint density at radius 3 is 2.77 bits per heavy atom. The van der Waals surface area contributed by atoms with Gasteiger partial charge in [0.25, 0.3) is 0 Å². The molecule has 1 aliphatic heterocycles. The van der Waals surface area contributed by atoms with Crippen molar-refractivity contribution in [3.63, 3.8) is 0 Å². The Labute approximate surface area is 179 Å². The van der Waals surface area contributed by atoms with Gasteiger partial charge in [0.05, 0.1) is 12.1 Å². The van der Waals surface area contributed by atoms with Gasteiger partial charge in [-0.3, -0.25) is 14.7 Å². The molecule has 30 heavy (non-hydrogen) atoms. The Hall–Kier alpha value is -2.47. The maximum absolute atomic E-state index is 13.1. The maximum atomic E-state index is 13.1. The van der Waals surface area contributed by atoms with Gasteiger partial charge in [-0.25, -0.2) is 4.98 Å². The first kappa shape index (κ1) is 20.8. The molecule has 2 heterocycles. The summed E-state index contributed by atoms with van der Waals surface area (Å²) >= 11 is 0. The second kappa shape index (κ2) is 10.0. The van der Waals surface area contributed by atoms with Crippen molar-refractivity contribution in [2.45, 2.75) is 57.5 Å². The first-order chi connectivity index (χ1) is 14.7. The van der Waals surface area contributed by atoms with Gasteiger partial charge < -0.3 is 10.2 Å². The van der Waals surface area contributed by atoms with Crippen LogP contribution in [0.1, 0.15) is 50.5 Å². The van der Waals surface area contributed by atoms with Gasteiger partial charge in [-0.05, 0) is 44.4 Å². The first-order valence-corrected chi connectivity index (χ1v) is 11.3. The van der Waals surface area contributed by atoms with Crippen LogP contribution in [-0.4, -0.2) is 47.0 Å². The van der Waals surface area contributed by atoms with Gasteiger partial charge in [0.1, 0.15) is 5.82 Å². The number of rotatable bonds is 6. The fourth-order valence-corrected chi connectivity index (χ4v) is 4.79. The fourth-order valence-electron chi connectivity index (χ4n) is 4.79. The summed E-state index contributed by atoms with van der Waals surface area (Å²) in [5.41, 5.74) is 2.14. The van der Waals surface area contributed by atoms with Gasteiger partial charge >= 0.3 is 0 Å². The van der Waals surface area contributed by atoms with Gasteiger partial charge in [-0.2, -0.15) is 0 Å². The lowest BCUT2D eigenvalue weighted by Gasteiger charge is -2.33. The van der Waals surface area contributed by atoms with Crippen molar-refractivity contribution in [2.75, 3.05) is 30.4 Å². The van der Waals surface area contributed by atoms with E-state index in [0.717, 1.165) is 37.4 Å². The molecule has 1 aromatic carbocycles. The summed E-state index contributed by atoms with van der Waals surface area (Å²) in [4.78, 5) is 26.3. The summed E-state index contributed by atoms with van der Waals surface area (Å²) in [6.45, 7) is 2.48. The average Bonchev–Trinajstić information content (AvgIpc) is 2.81. The molecular formula is C24H33N5O. The minimum Gasteiger partial charge on any atom is -0.355 e. The van der Waals surface area contributed by atoms with Crippen molar-refractivity contribution in [3.05, 3.63) is 48.4 Å². The Morgan fingerprint density at radius 2 is 1.97 bits per heavy atom. The van der Waals surface area contributed by atoms with E-state index in [1.807, 2.05) is 12.1 Å². The molecule has 1 saturated carbocycles. The van der Waals surface area contributed by atoms with E-state index >= 15 is 0 Å². The molecule has 160 valence electrons. The molecule has 0 radical (unpaired) electrons. The lowest BCUT2D eigenvalue weighted by Crippen LogP contribution is -2.41. The largest absolute Gasteiger partial charge is 0.355 e. The van der Waals surface area contributed by atoms with Gasteiger partial charge in [0.2, 0.25) is 5.91 Å². The van der Waals surface area contributed by atoms with Crippen LogP contribution in [0.5, 0.6) is 0 Å². The average molecular weight is 408 g/mol. The van der Waals surface area contributed by atoms with Crippen LogP contribution in [0.25, 0.3) is 0 Å². The third kappa shape index (κ3) is 5.17. The summed E-state index contributed by atoms with van der Waals surface area (Å²) in [6.07, 6.45) is 13.6. The number of amides is 1. The van der Waals surface area contributed by atoms with Crippen molar-refractivity contribution >= 4 is 17.4 Å².